The lowest BCUT2D eigenvalue weighted by atomic mass is 10.2. The Kier molecular flexibility index (Phi) is 5.00. The number of methoxy groups -OCH3 is 2. The molecule has 0 radical (unpaired) electrons. The van der Waals surface area contributed by atoms with Gasteiger partial charge in [-0.3, -0.25) is 4.79 Å². The molecule has 1 amide bonds. The molecular weight excluding hydrogens is 336 g/mol. The van der Waals surface area contributed by atoms with Crippen molar-refractivity contribution >= 4 is 27.5 Å². The van der Waals surface area contributed by atoms with E-state index in [1.807, 2.05) is 22.8 Å². The number of aromatic nitrogens is 1. The largest absolute Gasteiger partial charge is 0.497 e. The van der Waals surface area contributed by atoms with Gasteiger partial charge in [-0.1, -0.05) is 23.5 Å². The minimum atomic E-state index is -0.300. The summed E-state index contributed by atoms with van der Waals surface area (Å²) >= 11 is 1.45. The highest BCUT2D eigenvalue weighted by molar-refractivity contribution is 7.16. The van der Waals surface area contributed by atoms with E-state index in [9.17, 15) is 4.79 Å². The second kappa shape index (κ2) is 7.36. The predicted molar refractivity (Wildman–Crippen MR) is 99.5 cm³/mol. The number of ether oxygens (including phenoxy) is 2. The van der Waals surface area contributed by atoms with Crippen molar-refractivity contribution in [3.63, 3.8) is 0 Å². The van der Waals surface area contributed by atoms with Gasteiger partial charge < -0.3 is 14.0 Å². The molecular formula is C19H18N2O3S. The Morgan fingerprint density at radius 1 is 1.20 bits per heavy atom. The van der Waals surface area contributed by atoms with Crippen LogP contribution in [0.15, 0.2) is 60.1 Å². The molecule has 25 heavy (non-hydrogen) atoms. The maximum atomic E-state index is 12.5. The molecule has 0 aliphatic heterocycles. The highest BCUT2D eigenvalue weighted by atomic mass is 32.1. The van der Waals surface area contributed by atoms with Crippen LogP contribution in [-0.4, -0.2) is 24.7 Å². The molecule has 5 nitrogen and oxygen atoms in total. The summed E-state index contributed by atoms with van der Waals surface area (Å²) < 4.78 is 13.5. The lowest BCUT2D eigenvalue weighted by Gasteiger charge is -2.06. The number of fused-ring (bicyclic) bond motifs is 1. The number of carbonyl (C=O) groups excluding carboxylic acids is 1. The normalized spacial score (nSPS) is 11.5. The van der Waals surface area contributed by atoms with E-state index >= 15 is 0 Å². The summed E-state index contributed by atoms with van der Waals surface area (Å²) in [7, 11) is 3.22. The zero-order valence-corrected chi connectivity index (χ0v) is 14.9. The third-order valence-electron chi connectivity index (χ3n) is 3.73. The lowest BCUT2D eigenvalue weighted by molar-refractivity contribution is 0.0998. The van der Waals surface area contributed by atoms with E-state index in [0.717, 1.165) is 16.0 Å². The Morgan fingerprint density at radius 3 is 2.60 bits per heavy atom. The average Bonchev–Trinajstić information content (AvgIpc) is 2.99. The summed E-state index contributed by atoms with van der Waals surface area (Å²) in [6, 6.07) is 12.7. The number of allylic oxidation sites excluding steroid dienone is 1. The molecule has 2 aromatic carbocycles. The van der Waals surface area contributed by atoms with Gasteiger partial charge >= 0.3 is 0 Å². The van der Waals surface area contributed by atoms with Crippen LogP contribution in [0.2, 0.25) is 0 Å². The molecule has 0 saturated heterocycles. The number of rotatable bonds is 5. The van der Waals surface area contributed by atoms with E-state index in [4.69, 9.17) is 9.47 Å². The van der Waals surface area contributed by atoms with Crippen LogP contribution in [0.3, 0.4) is 0 Å². The molecule has 0 atom stereocenters. The first-order valence-corrected chi connectivity index (χ1v) is 8.50. The Labute approximate surface area is 149 Å². The van der Waals surface area contributed by atoms with Crippen LogP contribution in [0.4, 0.5) is 0 Å². The number of carbonyl (C=O) groups is 1. The zero-order valence-electron chi connectivity index (χ0n) is 14.1. The first-order chi connectivity index (χ1) is 12.2. The fraction of sp³-hybridized carbons (Fsp3) is 0.158. The molecule has 0 aliphatic rings. The Morgan fingerprint density at radius 2 is 1.96 bits per heavy atom. The van der Waals surface area contributed by atoms with Gasteiger partial charge in [-0.25, -0.2) is 0 Å². The molecule has 0 fully saturated rings. The molecule has 0 saturated carbocycles. The van der Waals surface area contributed by atoms with Gasteiger partial charge in [-0.2, -0.15) is 4.99 Å². The van der Waals surface area contributed by atoms with Crippen LogP contribution < -0.4 is 14.3 Å². The van der Waals surface area contributed by atoms with E-state index < -0.39 is 0 Å². The van der Waals surface area contributed by atoms with Crippen molar-refractivity contribution in [3.8, 4) is 11.5 Å². The summed E-state index contributed by atoms with van der Waals surface area (Å²) in [5.41, 5.74) is 1.42. The van der Waals surface area contributed by atoms with Crippen molar-refractivity contribution in [2.45, 2.75) is 6.54 Å². The molecule has 0 aliphatic carbocycles. The van der Waals surface area contributed by atoms with E-state index in [1.165, 1.54) is 11.3 Å². The Hall–Kier alpha value is -2.86. The van der Waals surface area contributed by atoms with Crippen LogP contribution in [-0.2, 0) is 6.54 Å². The molecule has 0 bridgehead atoms. The van der Waals surface area contributed by atoms with E-state index in [1.54, 1.807) is 44.6 Å². The molecule has 0 N–H and O–H groups in total. The zero-order chi connectivity index (χ0) is 17.8. The molecule has 1 heterocycles. The van der Waals surface area contributed by atoms with Crippen molar-refractivity contribution in [1.82, 2.24) is 4.57 Å². The van der Waals surface area contributed by atoms with Crippen molar-refractivity contribution in [2.75, 3.05) is 14.2 Å². The SMILES string of the molecule is C=CCn1c(=NC(=O)c2ccc(OC)cc2)sc2cccc(OC)c21. The monoisotopic (exact) mass is 354 g/mol. The number of benzene rings is 2. The second-order valence-corrected chi connectivity index (χ2v) is 6.25. The highest BCUT2D eigenvalue weighted by Crippen LogP contribution is 2.27. The molecule has 0 unspecified atom stereocenters. The van der Waals surface area contributed by atoms with Crippen LogP contribution in [0.5, 0.6) is 11.5 Å². The Balaban J connectivity index is 2.12. The molecule has 3 aromatic rings. The minimum Gasteiger partial charge on any atom is -0.497 e. The van der Waals surface area contributed by atoms with Crippen molar-refractivity contribution < 1.29 is 14.3 Å². The Bertz CT molecular complexity index is 984. The topological polar surface area (TPSA) is 52.8 Å². The van der Waals surface area contributed by atoms with Gasteiger partial charge in [0.15, 0.2) is 4.80 Å². The summed E-state index contributed by atoms with van der Waals surface area (Å²) in [5, 5.41) is 0. The van der Waals surface area contributed by atoms with Gasteiger partial charge in [0.1, 0.15) is 17.0 Å². The number of hydrogen-bond donors (Lipinski definition) is 0. The second-order valence-electron chi connectivity index (χ2n) is 5.24. The third-order valence-corrected chi connectivity index (χ3v) is 4.77. The van der Waals surface area contributed by atoms with Crippen molar-refractivity contribution in [2.24, 2.45) is 4.99 Å². The predicted octanol–water partition coefficient (Wildman–Crippen LogP) is 3.65. The average molecular weight is 354 g/mol. The number of amides is 1. The maximum Gasteiger partial charge on any atom is 0.279 e. The highest BCUT2D eigenvalue weighted by Gasteiger charge is 2.12. The van der Waals surface area contributed by atoms with Gasteiger partial charge in [0.2, 0.25) is 0 Å². The molecule has 6 heteroatoms. The minimum absolute atomic E-state index is 0.300. The third kappa shape index (κ3) is 3.34. The van der Waals surface area contributed by atoms with Crippen molar-refractivity contribution in [3.05, 3.63) is 65.5 Å². The van der Waals surface area contributed by atoms with E-state index in [0.29, 0.717) is 22.7 Å². The van der Waals surface area contributed by atoms with Gasteiger partial charge in [-0.05, 0) is 36.4 Å². The number of hydrogen-bond acceptors (Lipinski definition) is 4. The maximum absolute atomic E-state index is 12.5. The van der Waals surface area contributed by atoms with Crippen LogP contribution in [0.1, 0.15) is 10.4 Å². The van der Waals surface area contributed by atoms with E-state index in [2.05, 4.69) is 11.6 Å². The van der Waals surface area contributed by atoms with Gasteiger partial charge in [-0.15, -0.1) is 6.58 Å². The molecule has 1 aromatic heterocycles. The number of nitrogens with zero attached hydrogens (tertiary/aromatic N) is 2. The first-order valence-electron chi connectivity index (χ1n) is 7.68. The summed E-state index contributed by atoms with van der Waals surface area (Å²) in [5.74, 6) is 1.14. The summed E-state index contributed by atoms with van der Waals surface area (Å²) in [6.45, 7) is 4.33. The van der Waals surface area contributed by atoms with Crippen LogP contribution in [0.25, 0.3) is 10.2 Å². The van der Waals surface area contributed by atoms with Crippen molar-refractivity contribution in [1.29, 1.82) is 0 Å². The number of thiazole rings is 1. The summed E-state index contributed by atoms with van der Waals surface area (Å²) in [6.07, 6.45) is 1.77. The molecule has 128 valence electrons. The quantitative estimate of drug-likeness (QED) is 0.657. The van der Waals surface area contributed by atoms with Crippen LogP contribution in [0, 0.1) is 0 Å². The van der Waals surface area contributed by atoms with Crippen LogP contribution >= 0.6 is 11.3 Å². The fourth-order valence-electron chi connectivity index (χ4n) is 2.53. The fourth-order valence-corrected chi connectivity index (χ4v) is 3.59. The standard InChI is InChI=1S/C19H18N2O3S/c1-4-12-21-17-15(24-3)6-5-7-16(17)25-19(21)20-18(22)13-8-10-14(23-2)11-9-13/h4-11H,1,12H2,2-3H3. The molecule has 3 rings (SSSR count). The smallest absolute Gasteiger partial charge is 0.279 e. The number of para-hydroxylation sites is 1. The summed E-state index contributed by atoms with van der Waals surface area (Å²) in [4.78, 5) is 17.5. The van der Waals surface area contributed by atoms with E-state index in [-0.39, 0.29) is 5.91 Å². The molecule has 0 spiro atoms. The van der Waals surface area contributed by atoms with Gasteiger partial charge in [0, 0.05) is 12.1 Å². The lowest BCUT2D eigenvalue weighted by Crippen LogP contribution is -2.16. The van der Waals surface area contributed by atoms with Gasteiger partial charge in [0.05, 0.1) is 18.9 Å². The van der Waals surface area contributed by atoms with Gasteiger partial charge in [0.25, 0.3) is 5.91 Å². The first kappa shape index (κ1) is 17.0.